The minimum atomic E-state index is -2.15. The lowest BCUT2D eigenvalue weighted by atomic mass is 9.99. The van der Waals surface area contributed by atoms with Gasteiger partial charge in [-0.05, 0) is 132 Å². The summed E-state index contributed by atoms with van der Waals surface area (Å²) in [5, 5.41) is 147. The van der Waals surface area contributed by atoms with E-state index in [1.54, 1.807) is 44.2 Å². The van der Waals surface area contributed by atoms with Gasteiger partial charge >= 0.3 is 23.9 Å². The second-order valence-corrected chi connectivity index (χ2v) is 33.7. The maximum Gasteiger partial charge on any atom is 0.326 e. The molecule has 0 aliphatic heterocycles. The first-order chi connectivity index (χ1) is 66.6. The number of imidazole rings is 1. The first-order valence-electron chi connectivity index (χ1n) is 45.4. The number of hydrogen-bond donors (Lipinski definition) is 35. The van der Waals surface area contributed by atoms with Crippen LogP contribution >= 0.6 is 0 Å². The largest absolute Gasteiger partial charge is 0.508 e. The number of phenolic OH excluding ortho intramolecular Hbond substituents is 1. The van der Waals surface area contributed by atoms with Crippen LogP contribution in [0.25, 0.3) is 0 Å². The number of carboxylic acids is 4. The molecule has 782 valence electrons. The standard InChI is InChI=1S/C86H136N28O27/c1-43(2)34-57(76(133)100-45(5)68(125)110-60(83(140)141)37-48-38-95-42-99-48)107-73(130)54(24-27-64(119)120)105-77(134)58(36-47-20-22-49(118)23-21-47)108-78(135)59(35-46-14-7-6-8-15-46)109-82(139)67(44(3)4)114-75(132)56(26-29-66(123)124)106-81(138)63(41-117)113-74(131)55(25-28-65(121)122)104-70(127)51(17-9-10-30-87)102-80(137)62(40-116)112-72(129)53(19-13-33-98-86(93)94)101-71(128)52(18-12-32-97-85(91)92)103-79(136)61(39-115)111-69(126)50(88)16-11-31-96-84(89)90/h6-8,14-15,20-23,38,42-45,50-63,67,115-118H,9-13,16-19,24-37,39-41,87-88H2,1-5H3,(H,95,99)(H,100,133)(H,101,128)(H,102,137)(H,103,136)(H,104,127)(H,105,134)(H,106,138)(H,107,130)(H,108,135)(H,109,139)(H,110,125)(H,111,126)(H,112,129)(H,113,131)(H,114,132)(H,119,120)(H,121,122)(H,123,124)(H,140,141)(H4,89,90,96)(H4,91,92,97)(H4,93,94,98)/t45-,50-,51-,52-,53-,54-,55-,56-,57-,58-,59-,60-,61-,62-,63-,67-/m0/s1. The van der Waals surface area contributed by atoms with Gasteiger partial charge in [-0.15, -0.1) is 0 Å². The Bertz CT molecular complexity index is 4690. The molecular weight excluding hydrogens is 1860 g/mol. The number of aliphatic hydroxyl groups excluding tert-OH is 3. The van der Waals surface area contributed by atoms with E-state index in [2.05, 4.69) is 106 Å². The van der Waals surface area contributed by atoms with Crippen LogP contribution in [0.3, 0.4) is 0 Å². The smallest absolute Gasteiger partial charge is 0.326 e. The van der Waals surface area contributed by atoms with Gasteiger partial charge in [0, 0.05) is 64.4 Å². The molecular formula is C86H136N28O27. The van der Waals surface area contributed by atoms with Crippen LogP contribution in [0.4, 0.5) is 0 Å². The molecule has 55 nitrogen and oxygen atoms in total. The van der Waals surface area contributed by atoms with E-state index in [1.807, 2.05) is 0 Å². The normalized spacial score (nSPS) is 14.4. The number of carboxylic acid groups (broad SMARTS) is 4. The van der Waals surface area contributed by atoms with E-state index in [9.17, 15) is 127 Å². The van der Waals surface area contributed by atoms with Gasteiger partial charge in [0.15, 0.2) is 17.9 Å². The molecule has 0 radical (unpaired) electrons. The number of rotatable bonds is 68. The highest BCUT2D eigenvalue weighted by molar-refractivity contribution is 6.01. The predicted molar refractivity (Wildman–Crippen MR) is 501 cm³/mol. The Hall–Kier alpha value is -15.0. The number of nitrogens with zero attached hydrogens (tertiary/aromatic N) is 1. The van der Waals surface area contributed by atoms with Gasteiger partial charge < -0.3 is 170 Å². The average Bonchev–Trinajstić information content (AvgIpc) is 0.877. The third-order valence-electron chi connectivity index (χ3n) is 21.3. The number of H-pyrrole nitrogens is 1. The Balaban J connectivity index is 1.98. The van der Waals surface area contributed by atoms with Crippen LogP contribution in [0.2, 0.25) is 0 Å². The quantitative estimate of drug-likeness (QED) is 0.0142. The molecule has 0 unspecified atom stereocenters. The molecule has 15 amide bonds. The number of hydrogen-bond acceptors (Lipinski definition) is 29. The number of phenols is 1. The van der Waals surface area contributed by atoms with Gasteiger partial charge in [0.05, 0.1) is 37.9 Å². The van der Waals surface area contributed by atoms with Crippen molar-refractivity contribution in [3.05, 3.63) is 83.9 Å². The zero-order valence-corrected chi connectivity index (χ0v) is 78.8. The maximum absolute atomic E-state index is 15.0. The topological polar surface area (TPSA) is 933 Å². The number of carbonyl (C=O) groups is 19. The van der Waals surface area contributed by atoms with Crippen LogP contribution in [0.5, 0.6) is 5.75 Å². The first kappa shape index (κ1) is 120. The molecule has 0 aliphatic rings. The van der Waals surface area contributed by atoms with E-state index in [0.717, 1.165) is 0 Å². The van der Waals surface area contributed by atoms with Crippen molar-refractivity contribution >= 4 is 130 Å². The van der Waals surface area contributed by atoms with E-state index < -0.39 is 292 Å². The summed E-state index contributed by atoms with van der Waals surface area (Å²) in [6.07, 6.45) is -3.65. The summed E-state index contributed by atoms with van der Waals surface area (Å²) >= 11 is 0. The van der Waals surface area contributed by atoms with Crippen LogP contribution < -0.4 is 124 Å². The van der Waals surface area contributed by atoms with Crippen LogP contribution in [-0.4, -0.2) is 324 Å². The zero-order chi connectivity index (χ0) is 106. The van der Waals surface area contributed by atoms with Gasteiger partial charge in [-0.2, -0.15) is 0 Å². The fraction of sp³-hybridized carbons (Fsp3) is 0.570. The molecule has 0 spiro atoms. The van der Waals surface area contributed by atoms with Gasteiger partial charge in [0.1, 0.15) is 96.4 Å². The van der Waals surface area contributed by atoms with Crippen molar-refractivity contribution in [3.8, 4) is 5.75 Å². The minimum absolute atomic E-state index is 0.00262. The van der Waals surface area contributed by atoms with Crippen LogP contribution in [-0.2, 0) is 110 Å². The van der Waals surface area contributed by atoms with Gasteiger partial charge in [0.2, 0.25) is 88.6 Å². The summed E-state index contributed by atoms with van der Waals surface area (Å²) in [5.41, 5.74) is 28.9. The summed E-state index contributed by atoms with van der Waals surface area (Å²) in [4.78, 5) is 269. The van der Waals surface area contributed by atoms with E-state index in [-0.39, 0.29) is 126 Å². The average molecular weight is 1990 g/mol. The van der Waals surface area contributed by atoms with Gasteiger partial charge in [-0.25, -0.2) is 9.78 Å². The van der Waals surface area contributed by atoms with Crippen molar-refractivity contribution in [2.45, 2.75) is 253 Å². The van der Waals surface area contributed by atoms with Gasteiger partial charge in [-0.3, -0.25) is 103 Å². The van der Waals surface area contributed by atoms with Crippen LogP contribution in [0.15, 0.2) is 67.1 Å². The molecule has 0 aliphatic carbocycles. The molecule has 55 heteroatoms. The fourth-order valence-corrected chi connectivity index (χ4v) is 13.6. The lowest BCUT2D eigenvalue weighted by molar-refractivity contribution is -0.142. The molecule has 40 N–H and O–H groups in total. The second-order valence-electron chi connectivity index (χ2n) is 33.7. The van der Waals surface area contributed by atoms with Gasteiger partial charge in [-0.1, -0.05) is 70.2 Å². The number of unbranched alkanes of at least 4 members (excludes halogenated alkanes) is 1. The van der Waals surface area contributed by atoms with E-state index in [1.165, 1.54) is 57.6 Å². The van der Waals surface area contributed by atoms with Crippen molar-refractivity contribution in [1.29, 1.82) is 16.2 Å². The summed E-state index contributed by atoms with van der Waals surface area (Å²) in [5.74, 6) is -26.0. The second kappa shape index (κ2) is 63.5. The minimum Gasteiger partial charge on any atom is -0.508 e. The van der Waals surface area contributed by atoms with Crippen molar-refractivity contribution in [3.63, 3.8) is 0 Å². The summed E-state index contributed by atoms with van der Waals surface area (Å²) in [6.45, 7) is 3.94. The van der Waals surface area contributed by atoms with E-state index >= 15 is 4.79 Å². The maximum atomic E-state index is 15.0. The number of nitrogens with one attached hydrogen (secondary N) is 22. The Morgan fingerprint density at radius 3 is 1.05 bits per heavy atom. The Labute approximate surface area is 810 Å². The molecule has 2 aromatic carbocycles. The van der Waals surface area contributed by atoms with Crippen molar-refractivity contribution in [2.24, 2.45) is 40.5 Å². The fourth-order valence-electron chi connectivity index (χ4n) is 13.6. The molecule has 0 saturated carbocycles. The SMILES string of the molecule is CC(C)C[C@H](NC(=O)[C@H](CCC(=O)O)NC(=O)[C@H](Cc1ccc(O)cc1)NC(=O)[C@H](Cc1ccccc1)NC(=O)[C@@H](NC(=O)[C@H](CCC(=O)O)NC(=O)[C@H](CO)NC(=O)[C@H](CCC(=O)O)NC(=O)[C@H](CCCCN)NC(=O)[C@H](CO)NC(=O)[C@H](CCCNC(=N)N)NC(=O)[C@H](CCCNC(=N)N)NC(=O)[C@H](CO)NC(=O)[C@@H](N)CCCNC(=N)N)C(C)C)C(=O)N[C@@H](C)C(=O)N[C@@H](Cc1c[nH]cn1)C(=O)O. The van der Waals surface area contributed by atoms with Crippen molar-refractivity contribution in [2.75, 3.05) is 46.0 Å². The summed E-state index contributed by atoms with van der Waals surface area (Å²) in [7, 11) is 0. The van der Waals surface area contributed by atoms with Crippen LogP contribution in [0.1, 0.15) is 154 Å². The highest BCUT2D eigenvalue weighted by atomic mass is 16.4. The summed E-state index contributed by atoms with van der Waals surface area (Å²) in [6, 6.07) is -14.3. The number of aromatic amines is 1. The molecule has 0 bridgehead atoms. The third kappa shape index (κ3) is 46.8. The third-order valence-corrected chi connectivity index (χ3v) is 21.3. The number of carbonyl (C=O) groups excluding carboxylic acids is 15. The van der Waals surface area contributed by atoms with Crippen molar-refractivity contribution < 1.29 is 132 Å². The number of aromatic hydroxyl groups is 1. The molecule has 1 heterocycles. The van der Waals surface area contributed by atoms with E-state index in [0.29, 0.717) is 11.3 Å². The molecule has 1 aromatic heterocycles. The highest BCUT2D eigenvalue weighted by Crippen LogP contribution is 2.18. The van der Waals surface area contributed by atoms with E-state index in [4.69, 9.17) is 44.9 Å². The monoisotopic (exact) mass is 1990 g/mol. The lowest BCUT2D eigenvalue weighted by Crippen LogP contribution is -2.62. The number of nitrogens with two attached hydrogens (primary N) is 5. The number of guanidine groups is 3. The number of aromatic nitrogens is 2. The lowest BCUT2D eigenvalue weighted by Gasteiger charge is -2.29. The molecule has 141 heavy (non-hydrogen) atoms. The highest BCUT2D eigenvalue weighted by Gasteiger charge is 2.40. The Kier molecular flexibility index (Phi) is 54.1. The first-order valence-corrected chi connectivity index (χ1v) is 45.4. The summed E-state index contributed by atoms with van der Waals surface area (Å²) < 4.78 is 0. The molecule has 0 fully saturated rings. The molecule has 3 aromatic rings. The van der Waals surface area contributed by atoms with Crippen molar-refractivity contribution in [1.82, 2.24) is 106 Å². The molecule has 0 saturated heterocycles. The number of aliphatic hydroxyl groups is 3. The Morgan fingerprint density at radius 2 is 0.688 bits per heavy atom. The zero-order valence-electron chi connectivity index (χ0n) is 78.8. The molecule has 3 rings (SSSR count). The predicted octanol–water partition coefficient (Wildman–Crippen LogP) is -9.96. The molecule has 16 atom stereocenters. The van der Waals surface area contributed by atoms with Crippen LogP contribution in [0, 0.1) is 28.1 Å². The van der Waals surface area contributed by atoms with Gasteiger partial charge in [0.25, 0.3) is 0 Å². The Morgan fingerprint density at radius 1 is 0.362 bits per heavy atom. The number of amides is 15. The number of benzene rings is 2. The number of aliphatic carboxylic acids is 4.